The molecule has 0 aliphatic rings. The molecule has 0 atom stereocenters. The normalized spacial score (nSPS) is 10.8. The molecular formula is C15H14FN3O. The molecule has 0 fully saturated rings. The summed E-state index contributed by atoms with van der Waals surface area (Å²) in [6.45, 7) is 0. The molecule has 1 heterocycles. The zero-order valence-electron chi connectivity index (χ0n) is 11.2. The molecule has 2 aromatic carbocycles. The number of ether oxygens (including phenoxy) is 1. The minimum atomic E-state index is -0.310. The van der Waals surface area contributed by atoms with Crippen LogP contribution in [-0.4, -0.2) is 16.9 Å². The van der Waals surface area contributed by atoms with Crippen molar-refractivity contribution in [3.8, 4) is 5.75 Å². The number of aromatic nitrogens is 2. The Morgan fingerprint density at radius 3 is 2.85 bits per heavy atom. The molecule has 0 aliphatic carbocycles. The number of nitrogens with zero attached hydrogens (tertiary/aromatic N) is 2. The molecule has 0 saturated heterocycles. The van der Waals surface area contributed by atoms with Crippen LogP contribution in [0.2, 0.25) is 0 Å². The molecule has 0 amide bonds. The fourth-order valence-electron chi connectivity index (χ4n) is 2.16. The van der Waals surface area contributed by atoms with E-state index in [1.807, 2.05) is 31.4 Å². The molecule has 1 aromatic heterocycles. The molecule has 4 nitrogen and oxygen atoms in total. The summed E-state index contributed by atoms with van der Waals surface area (Å²) in [6, 6.07) is 10.2. The third-order valence-electron chi connectivity index (χ3n) is 3.19. The summed E-state index contributed by atoms with van der Waals surface area (Å²) in [4.78, 5) is 0. The van der Waals surface area contributed by atoms with E-state index in [2.05, 4.69) is 10.4 Å². The number of hydrogen-bond donors (Lipinski definition) is 1. The van der Waals surface area contributed by atoms with Crippen molar-refractivity contribution < 1.29 is 9.13 Å². The predicted octanol–water partition coefficient (Wildman–Crippen LogP) is 3.46. The number of rotatable bonds is 3. The first-order valence-corrected chi connectivity index (χ1v) is 6.20. The van der Waals surface area contributed by atoms with Gasteiger partial charge in [0.2, 0.25) is 0 Å². The maximum absolute atomic E-state index is 13.3. The van der Waals surface area contributed by atoms with Crippen LogP contribution in [0.3, 0.4) is 0 Å². The summed E-state index contributed by atoms with van der Waals surface area (Å²) < 4.78 is 20.4. The zero-order chi connectivity index (χ0) is 14.1. The van der Waals surface area contributed by atoms with E-state index in [0.29, 0.717) is 11.4 Å². The molecule has 0 bridgehead atoms. The van der Waals surface area contributed by atoms with Gasteiger partial charge in [0.05, 0.1) is 24.5 Å². The molecule has 5 heteroatoms. The van der Waals surface area contributed by atoms with Crippen LogP contribution in [0.1, 0.15) is 0 Å². The Bertz CT molecular complexity index is 767. The molecule has 0 radical (unpaired) electrons. The Balaban J connectivity index is 2.00. The van der Waals surface area contributed by atoms with Gasteiger partial charge < -0.3 is 10.1 Å². The number of aryl methyl sites for hydroxylation is 1. The van der Waals surface area contributed by atoms with Gasteiger partial charge in [-0.2, -0.15) is 5.10 Å². The van der Waals surface area contributed by atoms with Crippen LogP contribution in [0.5, 0.6) is 5.75 Å². The first kappa shape index (κ1) is 12.5. The molecule has 3 aromatic rings. The Hall–Kier alpha value is -2.56. The fraction of sp³-hybridized carbons (Fsp3) is 0.133. The monoisotopic (exact) mass is 271 g/mol. The highest BCUT2D eigenvalue weighted by Gasteiger charge is 2.06. The van der Waals surface area contributed by atoms with Crippen LogP contribution in [0, 0.1) is 5.82 Å². The van der Waals surface area contributed by atoms with E-state index in [1.165, 1.54) is 12.1 Å². The van der Waals surface area contributed by atoms with E-state index in [9.17, 15) is 4.39 Å². The SMILES string of the molecule is COc1ccc(F)cc1Nc1ccc2cnn(C)c2c1. The molecule has 1 N–H and O–H groups in total. The van der Waals surface area contributed by atoms with Gasteiger partial charge in [-0.1, -0.05) is 0 Å². The Labute approximate surface area is 115 Å². The predicted molar refractivity (Wildman–Crippen MR) is 76.9 cm³/mol. The van der Waals surface area contributed by atoms with Crippen molar-refractivity contribution in [3.05, 3.63) is 48.4 Å². The van der Waals surface area contributed by atoms with Crippen LogP contribution in [-0.2, 0) is 7.05 Å². The Morgan fingerprint density at radius 2 is 2.05 bits per heavy atom. The summed E-state index contributed by atoms with van der Waals surface area (Å²) in [6.07, 6.45) is 1.81. The lowest BCUT2D eigenvalue weighted by atomic mass is 10.2. The van der Waals surface area contributed by atoms with Crippen molar-refractivity contribution in [3.63, 3.8) is 0 Å². The second-order valence-corrected chi connectivity index (χ2v) is 4.51. The van der Waals surface area contributed by atoms with Gasteiger partial charge in [0.25, 0.3) is 0 Å². The smallest absolute Gasteiger partial charge is 0.142 e. The van der Waals surface area contributed by atoms with E-state index in [0.717, 1.165) is 16.6 Å². The van der Waals surface area contributed by atoms with Crippen molar-refractivity contribution in [2.45, 2.75) is 0 Å². The van der Waals surface area contributed by atoms with Gasteiger partial charge in [-0.3, -0.25) is 4.68 Å². The molecule has 0 aliphatic heterocycles. The van der Waals surface area contributed by atoms with Gasteiger partial charge in [-0.25, -0.2) is 4.39 Å². The van der Waals surface area contributed by atoms with E-state index >= 15 is 0 Å². The third-order valence-corrected chi connectivity index (χ3v) is 3.19. The summed E-state index contributed by atoms with van der Waals surface area (Å²) in [5, 5.41) is 8.42. The summed E-state index contributed by atoms with van der Waals surface area (Å²) in [5.41, 5.74) is 2.45. The second kappa shape index (κ2) is 4.85. The zero-order valence-corrected chi connectivity index (χ0v) is 11.2. The number of benzene rings is 2. The van der Waals surface area contributed by atoms with Gasteiger partial charge in [0.15, 0.2) is 0 Å². The Morgan fingerprint density at radius 1 is 1.20 bits per heavy atom. The number of fused-ring (bicyclic) bond motifs is 1. The van der Waals surface area contributed by atoms with Crippen LogP contribution in [0.4, 0.5) is 15.8 Å². The van der Waals surface area contributed by atoms with Gasteiger partial charge >= 0.3 is 0 Å². The first-order valence-electron chi connectivity index (χ1n) is 6.20. The number of hydrogen-bond acceptors (Lipinski definition) is 3. The van der Waals surface area contributed by atoms with Crippen molar-refractivity contribution in [1.29, 1.82) is 0 Å². The van der Waals surface area contributed by atoms with E-state index < -0.39 is 0 Å². The maximum atomic E-state index is 13.3. The van der Waals surface area contributed by atoms with Crippen molar-refractivity contribution in [2.24, 2.45) is 7.05 Å². The van der Waals surface area contributed by atoms with Gasteiger partial charge in [-0.15, -0.1) is 0 Å². The minimum Gasteiger partial charge on any atom is -0.495 e. The minimum absolute atomic E-state index is 0.310. The largest absolute Gasteiger partial charge is 0.495 e. The molecule has 3 rings (SSSR count). The first-order chi connectivity index (χ1) is 9.67. The summed E-state index contributed by atoms with van der Waals surface area (Å²) >= 11 is 0. The van der Waals surface area contributed by atoms with Crippen LogP contribution >= 0.6 is 0 Å². The van der Waals surface area contributed by atoms with Gasteiger partial charge in [-0.05, 0) is 30.3 Å². The summed E-state index contributed by atoms with van der Waals surface area (Å²) in [5.74, 6) is 0.284. The lowest BCUT2D eigenvalue weighted by Crippen LogP contribution is -1.96. The van der Waals surface area contributed by atoms with E-state index in [-0.39, 0.29) is 5.82 Å². The molecular weight excluding hydrogens is 257 g/mol. The van der Waals surface area contributed by atoms with Crippen molar-refractivity contribution >= 4 is 22.3 Å². The standard InChI is InChI=1S/C15H14FN3O/c1-19-14-8-12(5-3-10(14)9-17-19)18-13-7-11(16)4-6-15(13)20-2/h3-9,18H,1-2H3. The van der Waals surface area contributed by atoms with Gasteiger partial charge in [0.1, 0.15) is 11.6 Å². The lowest BCUT2D eigenvalue weighted by Gasteiger charge is -2.11. The fourth-order valence-corrected chi connectivity index (χ4v) is 2.16. The molecule has 0 saturated carbocycles. The van der Waals surface area contributed by atoms with Crippen molar-refractivity contribution in [1.82, 2.24) is 9.78 Å². The number of anilines is 2. The topological polar surface area (TPSA) is 39.1 Å². The highest BCUT2D eigenvalue weighted by atomic mass is 19.1. The molecule has 102 valence electrons. The van der Waals surface area contributed by atoms with Crippen molar-refractivity contribution in [2.75, 3.05) is 12.4 Å². The highest BCUT2D eigenvalue weighted by molar-refractivity contribution is 5.83. The second-order valence-electron chi connectivity index (χ2n) is 4.51. The quantitative estimate of drug-likeness (QED) is 0.792. The lowest BCUT2D eigenvalue weighted by molar-refractivity contribution is 0.416. The van der Waals surface area contributed by atoms with Gasteiger partial charge in [0, 0.05) is 24.2 Å². The van der Waals surface area contributed by atoms with Crippen LogP contribution in [0.15, 0.2) is 42.6 Å². The third kappa shape index (κ3) is 2.18. The number of halogens is 1. The molecule has 0 spiro atoms. The Kier molecular flexibility index (Phi) is 3.02. The highest BCUT2D eigenvalue weighted by Crippen LogP contribution is 2.29. The van der Waals surface area contributed by atoms with E-state index in [1.54, 1.807) is 17.9 Å². The number of nitrogens with one attached hydrogen (secondary N) is 1. The molecule has 0 unspecified atom stereocenters. The summed E-state index contributed by atoms with van der Waals surface area (Å²) in [7, 11) is 3.44. The maximum Gasteiger partial charge on any atom is 0.142 e. The average molecular weight is 271 g/mol. The average Bonchev–Trinajstić information content (AvgIpc) is 2.81. The number of methoxy groups -OCH3 is 1. The van der Waals surface area contributed by atoms with Crippen LogP contribution in [0.25, 0.3) is 10.9 Å². The van der Waals surface area contributed by atoms with E-state index in [4.69, 9.17) is 4.74 Å². The van der Waals surface area contributed by atoms with Crippen LogP contribution < -0.4 is 10.1 Å². The molecule has 20 heavy (non-hydrogen) atoms.